The van der Waals surface area contributed by atoms with Gasteiger partial charge in [0.25, 0.3) is 11.6 Å². The summed E-state index contributed by atoms with van der Waals surface area (Å²) in [5, 5.41) is 24.8. The molecule has 136 valence electrons. The van der Waals surface area contributed by atoms with Crippen LogP contribution in [0.5, 0.6) is 5.75 Å². The van der Waals surface area contributed by atoms with Gasteiger partial charge in [0, 0.05) is 11.1 Å². The van der Waals surface area contributed by atoms with E-state index in [0.717, 1.165) is 0 Å². The largest absolute Gasteiger partial charge is 0.507 e. The number of furan rings is 1. The van der Waals surface area contributed by atoms with Gasteiger partial charge in [-0.1, -0.05) is 23.7 Å². The number of nitro groups is 1. The minimum atomic E-state index is -0.593. The predicted molar refractivity (Wildman–Crippen MR) is 99.0 cm³/mol. The number of amides is 1. The molecule has 3 rings (SSSR count). The topological polar surface area (TPSA) is 118 Å². The third kappa shape index (κ3) is 4.13. The van der Waals surface area contributed by atoms with Crippen LogP contribution in [0.4, 0.5) is 5.69 Å². The van der Waals surface area contributed by atoms with Crippen LogP contribution in [0, 0.1) is 10.1 Å². The van der Waals surface area contributed by atoms with Crippen LogP contribution in [0.3, 0.4) is 0 Å². The van der Waals surface area contributed by atoms with Gasteiger partial charge < -0.3 is 9.52 Å². The molecule has 0 bridgehead atoms. The molecule has 0 saturated heterocycles. The van der Waals surface area contributed by atoms with E-state index in [1.54, 1.807) is 24.3 Å². The summed E-state index contributed by atoms with van der Waals surface area (Å²) in [6, 6.07) is 13.4. The average molecular weight is 386 g/mol. The maximum atomic E-state index is 11.9. The summed E-state index contributed by atoms with van der Waals surface area (Å²) in [6.07, 6.45) is 1.24. The van der Waals surface area contributed by atoms with Crippen molar-refractivity contribution in [2.45, 2.75) is 0 Å². The molecule has 9 heteroatoms. The van der Waals surface area contributed by atoms with Gasteiger partial charge in [-0.3, -0.25) is 14.9 Å². The maximum Gasteiger partial charge on any atom is 0.281 e. The zero-order chi connectivity index (χ0) is 19.4. The molecule has 0 aliphatic heterocycles. The number of hydrogen-bond donors (Lipinski definition) is 2. The number of nitro benzene ring substituents is 1. The Labute approximate surface area is 157 Å². The standard InChI is InChI=1S/C18H12ClN3O5/c19-11-5-7-13(15(9-11)22(25)26)17-8-6-12(27-17)10-20-21-18(24)14-3-1-2-4-16(14)23/h1-10,23H,(H,21,24)/b20-10-. The third-order valence-corrected chi connectivity index (χ3v) is 3.79. The number of carbonyl (C=O) groups excluding carboxylic acids is 1. The molecule has 2 N–H and O–H groups in total. The van der Waals surface area contributed by atoms with Crippen molar-refractivity contribution in [2.24, 2.45) is 5.10 Å². The Hall–Kier alpha value is -3.65. The quantitative estimate of drug-likeness (QED) is 0.391. The van der Waals surface area contributed by atoms with Crippen molar-refractivity contribution in [3.8, 4) is 17.1 Å². The Morgan fingerprint density at radius 1 is 1.22 bits per heavy atom. The summed E-state index contributed by atoms with van der Waals surface area (Å²) < 4.78 is 5.51. The number of aromatic hydroxyl groups is 1. The van der Waals surface area contributed by atoms with Crippen LogP contribution < -0.4 is 5.43 Å². The van der Waals surface area contributed by atoms with Gasteiger partial charge in [-0.25, -0.2) is 5.43 Å². The molecule has 8 nitrogen and oxygen atoms in total. The molecule has 0 fully saturated rings. The summed E-state index contributed by atoms with van der Waals surface area (Å²) >= 11 is 5.80. The van der Waals surface area contributed by atoms with Crippen LogP contribution in [-0.4, -0.2) is 22.2 Å². The fraction of sp³-hybridized carbons (Fsp3) is 0. The molecule has 0 spiro atoms. The Balaban J connectivity index is 1.75. The first kappa shape index (κ1) is 18.2. The molecule has 1 aromatic heterocycles. The Kier molecular flexibility index (Phi) is 5.18. The highest BCUT2D eigenvalue weighted by atomic mass is 35.5. The lowest BCUT2D eigenvalue weighted by atomic mass is 10.1. The maximum absolute atomic E-state index is 11.9. The molecule has 0 unspecified atom stereocenters. The lowest BCUT2D eigenvalue weighted by molar-refractivity contribution is -0.384. The number of phenolic OH excluding ortho intramolecular Hbond substituents is 1. The minimum absolute atomic E-state index is 0.0755. The zero-order valence-electron chi connectivity index (χ0n) is 13.6. The summed E-state index contributed by atoms with van der Waals surface area (Å²) in [4.78, 5) is 22.6. The molecule has 0 atom stereocenters. The number of carbonyl (C=O) groups is 1. The molecule has 0 aliphatic rings. The highest BCUT2D eigenvalue weighted by Gasteiger charge is 2.18. The molecular weight excluding hydrogens is 374 g/mol. The van der Waals surface area contributed by atoms with Crippen LogP contribution in [0.15, 0.2) is 64.1 Å². The molecular formula is C18H12ClN3O5. The van der Waals surface area contributed by atoms with Crippen LogP contribution in [0.1, 0.15) is 16.1 Å². The van der Waals surface area contributed by atoms with Gasteiger partial charge in [0.2, 0.25) is 0 Å². The van der Waals surface area contributed by atoms with Gasteiger partial charge >= 0.3 is 0 Å². The summed E-state index contributed by atoms with van der Waals surface area (Å²) in [5.41, 5.74) is 2.41. The molecule has 3 aromatic rings. The highest BCUT2D eigenvalue weighted by molar-refractivity contribution is 6.30. The van der Waals surface area contributed by atoms with Crippen molar-refractivity contribution >= 4 is 29.4 Å². The molecule has 0 radical (unpaired) electrons. The normalized spacial score (nSPS) is 10.9. The van der Waals surface area contributed by atoms with Crippen molar-refractivity contribution in [1.82, 2.24) is 5.43 Å². The summed E-state index contributed by atoms with van der Waals surface area (Å²) in [6.45, 7) is 0. The number of hydrogen-bond acceptors (Lipinski definition) is 6. The second-order valence-electron chi connectivity index (χ2n) is 5.34. The van der Waals surface area contributed by atoms with E-state index in [-0.39, 0.29) is 39.1 Å². The summed E-state index contributed by atoms with van der Waals surface area (Å²) in [5.74, 6) is -0.233. The number of halogens is 1. The number of phenols is 1. The first-order valence-electron chi connectivity index (χ1n) is 7.61. The second kappa shape index (κ2) is 7.71. The third-order valence-electron chi connectivity index (χ3n) is 3.56. The number of para-hydroxylation sites is 1. The van der Waals surface area contributed by atoms with E-state index < -0.39 is 10.8 Å². The molecule has 0 saturated carbocycles. The number of rotatable bonds is 5. The summed E-state index contributed by atoms with van der Waals surface area (Å²) in [7, 11) is 0. The van der Waals surface area contributed by atoms with Crippen molar-refractivity contribution in [2.75, 3.05) is 0 Å². The monoisotopic (exact) mass is 385 g/mol. The first-order chi connectivity index (χ1) is 13.0. The Morgan fingerprint density at radius 2 is 2.00 bits per heavy atom. The molecule has 1 amide bonds. The second-order valence-corrected chi connectivity index (χ2v) is 5.77. The van der Waals surface area contributed by atoms with E-state index in [1.165, 1.54) is 36.5 Å². The number of nitrogens with zero attached hydrogens (tertiary/aromatic N) is 2. The Morgan fingerprint density at radius 3 is 2.74 bits per heavy atom. The van der Waals surface area contributed by atoms with E-state index in [4.69, 9.17) is 16.0 Å². The van der Waals surface area contributed by atoms with E-state index in [1.807, 2.05) is 0 Å². The number of nitrogens with one attached hydrogen (secondary N) is 1. The molecule has 1 heterocycles. The van der Waals surface area contributed by atoms with Crippen LogP contribution >= 0.6 is 11.6 Å². The van der Waals surface area contributed by atoms with Gasteiger partial charge in [-0.2, -0.15) is 5.10 Å². The lowest BCUT2D eigenvalue weighted by Gasteiger charge is -2.01. The van der Waals surface area contributed by atoms with E-state index in [9.17, 15) is 20.0 Å². The van der Waals surface area contributed by atoms with Gasteiger partial charge in [0.15, 0.2) is 0 Å². The van der Waals surface area contributed by atoms with E-state index >= 15 is 0 Å². The van der Waals surface area contributed by atoms with Crippen molar-refractivity contribution in [3.05, 3.63) is 81.1 Å². The van der Waals surface area contributed by atoms with Gasteiger partial charge in [0.05, 0.1) is 22.3 Å². The van der Waals surface area contributed by atoms with Crippen LogP contribution in [0.2, 0.25) is 5.02 Å². The predicted octanol–water partition coefficient (Wildman–Crippen LogP) is 3.98. The van der Waals surface area contributed by atoms with Crippen molar-refractivity contribution < 1.29 is 19.2 Å². The first-order valence-corrected chi connectivity index (χ1v) is 7.99. The lowest BCUT2D eigenvalue weighted by Crippen LogP contribution is -2.17. The SMILES string of the molecule is O=C(N/N=C\c1ccc(-c2ccc(Cl)cc2[N+](=O)[O-])o1)c1ccccc1O. The fourth-order valence-electron chi connectivity index (χ4n) is 2.31. The number of hydrazone groups is 1. The van der Waals surface area contributed by atoms with Gasteiger partial charge in [-0.15, -0.1) is 0 Å². The van der Waals surface area contributed by atoms with Crippen LogP contribution in [0.25, 0.3) is 11.3 Å². The molecule has 27 heavy (non-hydrogen) atoms. The zero-order valence-corrected chi connectivity index (χ0v) is 14.4. The van der Waals surface area contributed by atoms with E-state index in [0.29, 0.717) is 0 Å². The van der Waals surface area contributed by atoms with E-state index in [2.05, 4.69) is 10.5 Å². The highest BCUT2D eigenvalue weighted by Crippen LogP contribution is 2.33. The van der Waals surface area contributed by atoms with Crippen molar-refractivity contribution in [3.63, 3.8) is 0 Å². The smallest absolute Gasteiger partial charge is 0.281 e. The molecule has 0 aliphatic carbocycles. The van der Waals surface area contributed by atoms with Crippen molar-refractivity contribution in [1.29, 1.82) is 0 Å². The van der Waals surface area contributed by atoms with Gasteiger partial charge in [0.1, 0.15) is 17.3 Å². The minimum Gasteiger partial charge on any atom is -0.507 e. The Bertz CT molecular complexity index is 1040. The fourth-order valence-corrected chi connectivity index (χ4v) is 2.48. The molecule has 2 aromatic carbocycles. The van der Waals surface area contributed by atoms with Gasteiger partial charge in [-0.05, 0) is 36.4 Å². The average Bonchev–Trinajstić information content (AvgIpc) is 3.10. The van der Waals surface area contributed by atoms with Crippen LogP contribution in [-0.2, 0) is 0 Å². The number of benzene rings is 2.